The highest BCUT2D eigenvalue weighted by Gasteiger charge is 2.26. The second-order valence-corrected chi connectivity index (χ2v) is 20.8. The Balaban J connectivity index is 0.995. The number of aromatic nitrogens is 3. The van der Waals surface area contributed by atoms with E-state index in [-0.39, 0.29) is 0 Å². The highest BCUT2D eigenvalue weighted by Crippen LogP contribution is 2.46. The molecule has 0 saturated carbocycles. The molecule has 9 aromatic carbocycles. The molecule has 0 spiro atoms. The third-order valence-electron chi connectivity index (χ3n) is 15.4. The van der Waals surface area contributed by atoms with E-state index < -0.39 is 0 Å². The summed E-state index contributed by atoms with van der Waals surface area (Å²) < 4.78 is 16.1. The van der Waals surface area contributed by atoms with Crippen molar-refractivity contribution < 1.29 is 4.42 Å². The van der Waals surface area contributed by atoms with Crippen LogP contribution in [0.25, 0.3) is 133 Å². The molecule has 14 rings (SSSR count). The lowest BCUT2D eigenvalue weighted by Crippen LogP contribution is -2.20. The molecule has 0 atom stereocenters. The molecule has 2 N–H and O–H groups in total. The van der Waals surface area contributed by atoms with E-state index in [9.17, 15) is 0 Å². The summed E-state index contributed by atoms with van der Waals surface area (Å²) in [7, 11) is 0. The van der Waals surface area contributed by atoms with Crippen molar-refractivity contribution in [2.45, 2.75) is 20.4 Å². The van der Waals surface area contributed by atoms with Crippen LogP contribution in [0, 0.1) is 0 Å². The second-order valence-electron chi connectivity index (χ2n) is 19.8. The number of aliphatic imine (C=N–C) groups is 2. The molecule has 8 heteroatoms. The summed E-state index contributed by atoms with van der Waals surface area (Å²) in [6.07, 6.45) is 12.5. The van der Waals surface area contributed by atoms with Crippen LogP contribution in [0.1, 0.15) is 47.5 Å². The molecule has 0 aliphatic rings. The Morgan fingerprint density at radius 2 is 1.22 bits per heavy atom. The van der Waals surface area contributed by atoms with Gasteiger partial charge in [0.15, 0.2) is 0 Å². The van der Waals surface area contributed by atoms with Crippen molar-refractivity contribution in [2.24, 2.45) is 15.7 Å². The number of rotatable bonds is 10. The maximum atomic E-state index is 7.50. The van der Waals surface area contributed by atoms with Crippen molar-refractivity contribution >= 4 is 133 Å². The van der Waals surface area contributed by atoms with Crippen molar-refractivity contribution in [1.29, 1.82) is 0 Å². The van der Waals surface area contributed by atoms with Gasteiger partial charge >= 0.3 is 0 Å². The zero-order chi connectivity index (χ0) is 53.3. The van der Waals surface area contributed by atoms with Crippen LogP contribution in [0.5, 0.6) is 0 Å². The maximum absolute atomic E-state index is 7.50. The summed E-state index contributed by atoms with van der Waals surface area (Å²) in [5.41, 5.74) is 23.5. The average molecular weight is 1040 g/mol. The standard InChI is InChI=1S/C71H52N6OS/c1-5-22-56-48(8-4)52-39-40-53-51-29-16-18-33-59(51)77(69(53)68(52)75(56)46-26-13-10-14-27-46)71(73-43-44-24-11-9-12-25-44)74-70(72)54-31-19-35-62-65(54)55-42-45(38-41-61(55)78-62)49-30-20-36-63-66(49)67-60(34-21-37-64(67)79-63)76-57(23-6-2)47(7-3)50-28-15-17-32-58(50)76/h5-42H,3-4,43H2,1-2H3,(H2,72,73,74)/b22-5-,23-6-. The van der Waals surface area contributed by atoms with Crippen LogP contribution >= 0.6 is 11.3 Å². The number of allylic oxidation sites excluding steroid dienone is 2. The van der Waals surface area contributed by atoms with Gasteiger partial charge in [0.2, 0.25) is 5.96 Å². The zero-order valence-corrected chi connectivity index (χ0v) is 44.5. The molecule has 0 saturated heterocycles. The molecular weight excluding hydrogens is 985 g/mol. The van der Waals surface area contributed by atoms with Gasteiger partial charge in [-0.1, -0.05) is 171 Å². The van der Waals surface area contributed by atoms with E-state index in [0.717, 1.165) is 111 Å². The molecule has 7 nitrogen and oxygen atoms in total. The van der Waals surface area contributed by atoms with Crippen molar-refractivity contribution in [2.75, 3.05) is 0 Å². The highest BCUT2D eigenvalue weighted by molar-refractivity contribution is 7.26. The van der Waals surface area contributed by atoms with Gasteiger partial charge in [-0.3, -0.25) is 4.57 Å². The van der Waals surface area contributed by atoms with E-state index in [4.69, 9.17) is 20.1 Å². The number of nitrogens with zero attached hydrogens (tertiary/aromatic N) is 5. The average Bonchev–Trinajstić information content (AvgIpc) is 4.32. The number of amidine groups is 1. The van der Waals surface area contributed by atoms with Crippen LogP contribution < -0.4 is 5.73 Å². The summed E-state index contributed by atoms with van der Waals surface area (Å²) >= 11 is 1.82. The number of thiophene rings is 1. The first-order chi connectivity index (χ1) is 39.0. The minimum absolute atomic E-state index is 0.314. The van der Waals surface area contributed by atoms with Crippen molar-refractivity contribution in [1.82, 2.24) is 13.7 Å². The number of fused-ring (bicyclic) bond motifs is 12. The summed E-state index contributed by atoms with van der Waals surface area (Å²) in [6, 6.07) is 68.2. The number of hydrogen-bond acceptors (Lipinski definition) is 3. The Labute approximate surface area is 460 Å². The van der Waals surface area contributed by atoms with Gasteiger partial charge in [-0.25, -0.2) is 4.99 Å². The number of nitrogens with two attached hydrogens (primary N) is 1. The van der Waals surface area contributed by atoms with Gasteiger partial charge in [0.25, 0.3) is 0 Å². The Morgan fingerprint density at radius 1 is 0.557 bits per heavy atom. The Kier molecular flexibility index (Phi) is 11.5. The summed E-state index contributed by atoms with van der Waals surface area (Å²) in [5.74, 6) is 0.771. The van der Waals surface area contributed by atoms with E-state index in [1.165, 1.54) is 25.6 Å². The largest absolute Gasteiger partial charge is 0.456 e. The van der Waals surface area contributed by atoms with Crippen LogP contribution in [-0.2, 0) is 6.54 Å². The third kappa shape index (κ3) is 7.47. The predicted molar refractivity (Wildman–Crippen MR) is 338 cm³/mol. The van der Waals surface area contributed by atoms with E-state index in [1.54, 1.807) is 0 Å². The second kappa shape index (κ2) is 19.2. The normalized spacial score (nSPS) is 12.7. The molecular formula is C71H52N6OS. The minimum Gasteiger partial charge on any atom is -0.456 e. The fourth-order valence-corrected chi connectivity index (χ4v) is 13.2. The van der Waals surface area contributed by atoms with E-state index in [2.05, 4.69) is 223 Å². The van der Waals surface area contributed by atoms with E-state index >= 15 is 0 Å². The number of hydrogen-bond donors (Lipinski definition) is 1. The van der Waals surface area contributed by atoms with Crippen LogP contribution in [0.2, 0.25) is 0 Å². The van der Waals surface area contributed by atoms with Crippen molar-refractivity contribution in [3.8, 4) is 22.5 Å². The van der Waals surface area contributed by atoms with Crippen LogP contribution in [0.3, 0.4) is 0 Å². The molecule has 0 radical (unpaired) electrons. The van der Waals surface area contributed by atoms with Crippen molar-refractivity contribution in [3.63, 3.8) is 0 Å². The first kappa shape index (κ1) is 47.4. The van der Waals surface area contributed by atoms with Crippen LogP contribution in [0.15, 0.2) is 234 Å². The Hall–Kier alpha value is -10.0. The monoisotopic (exact) mass is 1040 g/mol. The van der Waals surface area contributed by atoms with Gasteiger partial charge in [-0.05, 0) is 103 Å². The lowest BCUT2D eigenvalue weighted by atomic mass is 9.96. The lowest BCUT2D eigenvalue weighted by Gasteiger charge is -2.14. The molecule has 5 aromatic heterocycles. The van der Waals surface area contributed by atoms with E-state index in [0.29, 0.717) is 23.9 Å². The Bertz CT molecular complexity index is 4940. The molecule has 0 aliphatic carbocycles. The molecule has 79 heavy (non-hydrogen) atoms. The predicted octanol–water partition coefficient (Wildman–Crippen LogP) is 18.8. The molecule has 378 valence electrons. The highest BCUT2D eigenvalue weighted by atomic mass is 32.1. The maximum Gasteiger partial charge on any atom is 0.232 e. The van der Waals surface area contributed by atoms with Gasteiger partial charge in [0, 0.05) is 74.9 Å². The van der Waals surface area contributed by atoms with E-state index in [1.807, 2.05) is 59.9 Å². The number of benzene rings is 9. The summed E-state index contributed by atoms with van der Waals surface area (Å²) in [5, 5.41) is 8.60. The quantitative estimate of drug-likeness (QED) is 0.109. The molecule has 0 unspecified atom stereocenters. The smallest absolute Gasteiger partial charge is 0.232 e. The van der Waals surface area contributed by atoms with Crippen LogP contribution in [0.4, 0.5) is 0 Å². The topological polar surface area (TPSA) is 78.7 Å². The fourth-order valence-electron chi connectivity index (χ4n) is 12.1. The molecule has 0 bridgehead atoms. The van der Waals surface area contributed by atoms with Crippen LogP contribution in [-0.4, -0.2) is 25.5 Å². The molecule has 0 amide bonds. The SMILES string of the molecule is C=Cc1c(/C=C\C)n(-c2cccc3sc4cccc(-c5ccc6oc7cccc(/C(N)=N/C(=NCc8ccccc8)n8c9ccccc9c9ccc%10c(C=C)c(/C=C\C)n(-c%11ccccc%11)c%10c98)c7c6c5)c4c23)c2ccccc12. The van der Waals surface area contributed by atoms with Gasteiger partial charge < -0.3 is 19.3 Å². The number of furan rings is 1. The summed E-state index contributed by atoms with van der Waals surface area (Å²) in [4.78, 5) is 10.9. The van der Waals surface area contributed by atoms with Gasteiger partial charge in [-0.15, -0.1) is 11.3 Å². The zero-order valence-electron chi connectivity index (χ0n) is 43.7. The third-order valence-corrected chi connectivity index (χ3v) is 16.5. The first-order valence-corrected chi connectivity index (χ1v) is 27.4. The first-order valence-electron chi connectivity index (χ1n) is 26.6. The lowest BCUT2D eigenvalue weighted by molar-refractivity contribution is 0.669. The summed E-state index contributed by atoms with van der Waals surface area (Å²) in [6.45, 7) is 13.1. The Morgan fingerprint density at radius 3 is 1.99 bits per heavy atom. The molecule has 5 heterocycles. The van der Waals surface area contributed by atoms with Gasteiger partial charge in [-0.2, -0.15) is 4.99 Å². The minimum atomic E-state index is 0.314. The van der Waals surface area contributed by atoms with Crippen molar-refractivity contribution in [3.05, 3.63) is 253 Å². The number of para-hydroxylation sites is 3. The van der Waals surface area contributed by atoms with Gasteiger partial charge in [0.05, 0.1) is 45.7 Å². The molecule has 0 fully saturated rings. The molecule has 0 aliphatic heterocycles. The fraction of sp³-hybridized carbons (Fsp3) is 0.0423. The van der Waals surface area contributed by atoms with Gasteiger partial charge in [0.1, 0.15) is 17.0 Å². The molecule has 14 aromatic rings.